The van der Waals surface area contributed by atoms with Crippen LogP contribution in [0, 0.1) is 5.92 Å². The second kappa shape index (κ2) is 6.34. The number of nitrogens with zero attached hydrogens (tertiary/aromatic N) is 1. The molecule has 1 aromatic rings. The lowest BCUT2D eigenvalue weighted by atomic mass is 9.89. The van der Waals surface area contributed by atoms with Gasteiger partial charge in [0.25, 0.3) is 0 Å². The van der Waals surface area contributed by atoms with Crippen molar-refractivity contribution in [1.82, 2.24) is 4.90 Å². The molecule has 21 heavy (non-hydrogen) atoms. The maximum atomic E-state index is 12.7. The Morgan fingerprint density at radius 2 is 1.71 bits per heavy atom. The lowest BCUT2D eigenvalue weighted by Gasteiger charge is -2.38. The van der Waals surface area contributed by atoms with Crippen molar-refractivity contribution in [2.75, 3.05) is 26.2 Å². The molecule has 2 rings (SSSR count). The highest BCUT2D eigenvalue weighted by Crippen LogP contribution is 2.34. The number of benzene rings is 1. The quantitative estimate of drug-likeness (QED) is 0.895. The molecule has 0 bridgehead atoms. The minimum absolute atomic E-state index is 0.0970. The highest BCUT2D eigenvalue weighted by molar-refractivity contribution is 5.24. The number of halogens is 3. The average molecular weight is 302 g/mol. The highest BCUT2D eigenvalue weighted by Gasteiger charge is 2.42. The summed E-state index contributed by atoms with van der Waals surface area (Å²) in [6.45, 7) is 0.834. The number of nitrogens with two attached hydrogens (primary N) is 1. The van der Waals surface area contributed by atoms with E-state index in [4.69, 9.17) is 5.73 Å². The first-order valence-electron chi connectivity index (χ1n) is 7.09. The zero-order chi connectivity index (χ0) is 15.5. The number of hydrogen-bond acceptors (Lipinski definition) is 3. The van der Waals surface area contributed by atoms with Gasteiger partial charge in [0.2, 0.25) is 0 Å². The molecule has 6 heteroatoms. The van der Waals surface area contributed by atoms with Gasteiger partial charge in [0, 0.05) is 6.54 Å². The van der Waals surface area contributed by atoms with Crippen molar-refractivity contribution in [3.8, 4) is 0 Å². The van der Waals surface area contributed by atoms with Crippen LogP contribution in [0.25, 0.3) is 0 Å². The number of aliphatic hydroxyl groups excluding tert-OH is 1. The van der Waals surface area contributed by atoms with Crippen molar-refractivity contribution in [3.63, 3.8) is 0 Å². The zero-order valence-electron chi connectivity index (χ0n) is 11.8. The molecule has 0 aliphatic carbocycles. The van der Waals surface area contributed by atoms with Crippen LogP contribution in [-0.2, 0) is 5.54 Å². The molecule has 1 aliphatic rings. The van der Waals surface area contributed by atoms with Gasteiger partial charge in [-0.1, -0.05) is 30.3 Å². The molecular formula is C15H21F3N2O. The minimum atomic E-state index is -4.11. The summed E-state index contributed by atoms with van der Waals surface area (Å²) in [4.78, 5) is 1.91. The highest BCUT2D eigenvalue weighted by atomic mass is 19.4. The van der Waals surface area contributed by atoms with Crippen LogP contribution in [0.4, 0.5) is 13.2 Å². The minimum Gasteiger partial charge on any atom is -0.394 e. The molecule has 1 unspecified atom stereocenters. The molecule has 0 radical (unpaired) electrons. The summed E-state index contributed by atoms with van der Waals surface area (Å²) in [5.41, 5.74) is 6.11. The Hall–Kier alpha value is -1.11. The second-order valence-electron chi connectivity index (χ2n) is 5.77. The topological polar surface area (TPSA) is 49.5 Å². The van der Waals surface area contributed by atoms with Crippen molar-refractivity contribution in [2.24, 2.45) is 11.7 Å². The summed E-state index contributed by atoms with van der Waals surface area (Å²) in [6.07, 6.45) is -3.91. The van der Waals surface area contributed by atoms with Crippen LogP contribution in [0.1, 0.15) is 18.4 Å². The summed E-state index contributed by atoms with van der Waals surface area (Å²) < 4.78 is 38.0. The predicted octanol–water partition coefficient (Wildman–Crippen LogP) is 2.11. The standard InChI is InChI=1S/C15H21F3N2O/c16-15(17,18)13-6-8-20(9-7-13)10-14(19,11-21)12-4-2-1-3-5-12/h1-5,13,21H,6-11,19H2. The van der Waals surface area contributed by atoms with Gasteiger partial charge < -0.3 is 15.7 Å². The monoisotopic (exact) mass is 302 g/mol. The SMILES string of the molecule is NC(CO)(CN1CCC(C(F)(F)F)CC1)c1ccccc1. The van der Waals surface area contributed by atoms with E-state index in [1.165, 1.54) is 0 Å². The summed E-state index contributed by atoms with van der Waals surface area (Å²) in [5.74, 6) is -1.22. The van der Waals surface area contributed by atoms with Gasteiger partial charge in [0.1, 0.15) is 0 Å². The smallest absolute Gasteiger partial charge is 0.391 e. The predicted molar refractivity (Wildman–Crippen MR) is 74.6 cm³/mol. The third kappa shape index (κ3) is 3.96. The fourth-order valence-corrected chi connectivity index (χ4v) is 2.82. The van der Waals surface area contributed by atoms with Gasteiger partial charge in [-0.25, -0.2) is 0 Å². The third-order valence-electron chi connectivity index (χ3n) is 4.19. The third-order valence-corrected chi connectivity index (χ3v) is 4.19. The van der Waals surface area contributed by atoms with Crippen LogP contribution in [-0.4, -0.2) is 42.4 Å². The fraction of sp³-hybridized carbons (Fsp3) is 0.600. The normalized spacial score (nSPS) is 21.2. The van der Waals surface area contributed by atoms with E-state index >= 15 is 0 Å². The molecule has 0 spiro atoms. The Labute approximate surface area is 122 Å². The van der Waals surface area contributed by atoms with E-state index in [0.717, 1.165) is 5.56 Å². The van der Waals surface area contributed by atoms with Gasteiger partial charge in [0.05, 0.1) is 18.1 Å². The molecule has 3 nitrogen and oxygen atoms in total. The number of rotatable bonds is 4. The van der Waals surface area contributed by atoms with E-state index in [0.29, 0.717) is 19.6 Å². The van der Waals surface area contributed by atoms with Gasteiger partial charge in [0.15, 0.2) is 0 Å². The molecule has 1 atom stereocenters. The zero-order valence-corrected chi connectivity index (χ0v) is 11.8. The van der Waals surface area contributed by atoms with E-state index in [2.05, 4.69) is 0 Å². The molecule has 1 aromatic carbocycles. The van der Waals surface area contributed by atoms with Gasteiger partial charge in [-0.3, -0.25) is 0 Å². The molecule has 0 aromatic heterocycles. The first-order chi connectivity index (χ1) is 9.85. The average Bonchev–Trinajstić information content (AvgIpc) is 2.47. The molecule has 1 aliphatic heterocycles. The first-order valence-corrected chi connectivity index (χ1v) is 7.09. The summed E-state index contributed by atoms with van der Waals surface area (Å²) in [6, 6.07) is 9.19. The summed E-state index contributed by atoms with van der Waals surface area (Å²) in [5, 5.41) is 9.62. The van der Waals surface area contributed by atoms with E-state index in [1.807, 2.05) is 35.2 Å². The van der Waals surface area contributed by atoms with Crippen molar-refractivity contribution in [3.05, 3.63) is 35.9 Å². The van der Waals surface area contributed by atoms with Crippen LogP contribution >= 0.6 is 0 Å². The Morgan fingerprint density at radius 3 is 2.19 bits per heavy atom. The van der Waals surface area contributed by atoms with Crippen LogP contribution < -0.4 is 5.73 Å². The van der Waals surface area contributed by atoms with Gasteiger partial charge >= 0.3 is 6.18 Å². The summed E-state index contributed by atoms with van der Waals surface area (Å²) in [7, 11) is 0. The Kier molecular flexibility index (Phi) is 4.91. The molecule has 0 saturated carbocycles. The van der Waals surface area contributed by atoms with Crippen molar-refractivity contribution >= 4 is 0 Å². The number of likely N-dealkylation sites (tertiary alicyclic amines) is 1. The van der Waals surface area contributed by atoms with E-state index < -0.39 is 17.6 Å². The van der Waals surface area contributed by atoms with Crippen LogP contribution in [0.3, 0.4) is 0 Å². The molecule has 1 heterocycles. The van der Waals surface area contributed by atoms with Crippen molar-refractivity contribution in [1.29, 1.82) is 0 Å². The maximum absolute atomic E-state index is 12.7. The van der Waals surface area contributed by atoms with E-state index in [1.54, 1.807) is 0 Å². The largest absolute Gasteiger partial charge is 0.394 e. The molecule has 118 valence electrons. The van der Waals surface area contributed by atoms with Crippen molar-refractivity contribution < 1.29 is 18.3 Å². The Balaban J connectivity index is 1.98. The van der Waals surface area contributed by atoms with Gasteiger partial charge in [-0.05, 0) is 31.5 Å². The molecule has 3 N–H and O–H groups in total. The van der Waals surface area contributed by atoms with Crippen LogP contribution in [0.2, 0.25) is 0 Å². The van der Waals surface area contributed by atoms with E-state index in [9.17, 15) is 18.3 Å². The Morgan fingerprint density at radius 1 is 1.14 bits per heavy atom. The second-order valence-corrected chi connectivity index (χ2v) is 5.77. The first kappa shape index (κ1) is 16.3. The number of piperidine rings is 1. The van der Waals surface area contributed by atoms with E-state index in [-0.39, 0.29) is 19.4 Å². The van der Waals surface area contributed by atoms with Crippen LogP contribution in [0.15, 0.2) is 30.3 Å². The van der Waals surface area contributed by atoms with Crippen LogP contribution in [0.5, 0.6) is 0 Å². The van der Waals surface area contributed by atoms with Gasteiger partial charge in [-0.15, -0.1) is 0 Å². The molecule has 0 amide bonds. The summed E-state index contributed by atoms with van der Waals surface area (Å²) >= 11 is 0. The number of alkyl halides is 3. The lowest BCUT2D eigenvalue weighted by molar-refractivity contribution is -0.185. The maximum Gasteiger partial charge on any atom is 0.391 e. The Bertz CT molecular complexity index is 444. The molecule has 1 saturated heterocycles. The lowest BCUT2D eigenvalue weighted by Crippen LogP contribution is -2.52. The van der Waals surface area contributed by atoms with Gasteiger partial charge in [-0.2, -0.15) is 13.2 Å². The van der Waals surface area contributed by atoms with Crippen molar-refractivity contribution in [2.45, 2.75) is 24.6 Å². The fourth-order valence-electron chi connectivity index (χ4n) is 2.82. The number of hydrogen-bond donors (Lipinski definition) is 2. The molecule has 1 fully saturated rings. The molecular weight excluding hydrogens is 281 g/mol. The number of aliphatic hydroxyl groups is 1.